The van der Waals surface area contributed by atoms with Crippen molar-refractivity contribution < 1.29 is 9.59 Å². The van der Waals surface area contributed by atoms with Crippen molar-refractivity contribution in [3.8, 4) is 6.07 Å². The minimum Gasteiger partial charge on any atom is -0.366 e. The molecule has 132 valence electrons. The van der Waals surface area contributed by atoms with Crippen molar-refractivity contribution >= 4 is 17.6 Å². The first-order valence-electron chi connectivity index (χ1n) is 8.44. The number of benzene rings is 2. The number of amides is 3. The van der Waals surface area contributed by atoms with Crippen LogP contribution in [0.4, 0.5) is 10.5 Å². The molecular weight excluding hydrogens is 328 g/mol. The summed E-state index contributed by atoms with van der Waals surface area (Å²) in [6.45, 7) is 1.85. The molecule has 0 unspecified atom stereocenters. The lowest BCUT2D eigenvalue weighted by atomic mass is 9.72. The number of nitrogens with two attached hydrogens (primary N) is 1. The molecule has 3 rings (SSSR count). The fourth-order valence-electron chi connectivity index (χ4n) is 3.16. The molecular formula is C20H20N4O2. The molecule has 0 spiro atoms. The summed E-state index contributed by atoms with van der Waals surface area (Å²) in [5.41, 5.74) is 8.19. The van der Waals surface area contributed by atoms with Crippen LogP contribution in [-0.2, 0) is 5.54 Å². The van der Waals surface area contributed by atoms with Crippen LogP contribution >= 0.6 is 0 Å². The third-order valence-electron chi connectivity index (χ3n) is 4.90. The fraction of sp³-hybridized carbons (Fsp3) is 0.250. The van der Waals surface area contributed by atoms with E-state index in [1.807, 2.05) is 19.1 Å². The van der Waals surface area contributed by atoms with Crippen LogP contribution in [-0.4, -0.2) is 11.9 Å². The quantitative estimate of drug-likeness (QED) is 0.789. The van der Waals surface area contributed by atoms with Crippen LogP contribution < -0.4 is 16.4 Å². The fourth-order valence-corrected chi connectivity index (χ4v) is 3.16. The van der Waals surface area contributed by atoms with Gasteiger partial charge in [-0.25, -0.2) is 4.79 Å². The Morgan fingerprint density at radius 3 is 2.38 bits per heavy atom. The van der Waals surface area contributed by atoms with Crippen LogP contribution in [0.5, 0.6) is 0 Å². The molecule has 0 heterocycles. The van der Waals surface area contributed by atoms with Crippen molar-refractivity contribution in [1.82, 2.24) is 5.32 Å². The van der Waals surface area contributed by atoms with Crippen LogP contribution in [0.1, 0.15) is 46.3 Å². The topological polar surface area (TPSA) is 108 Å². The van der Waals surface area contributed by atoms with Gasteiger partial charge in [-0.15, -0.1) is 0 Å². The van der Waals surface area contributed by atoms with Crippen molar-refractivity contribution in [2.24, 2.45) is 5.73 Å². The zero-order valence-electron chi connectivity index (χ0n) is 14.5. The first kappa shape index (κ1) is 17.5. The number of rotatable bonds is 4. The van der Waals surface area contributed by atoms with Crippen LogP contribution in [0.25, 0.3) is 0 Å². The molecule has 1 aliphatic carbocycles. The van der Waals surface area contributed by atoms with E-state index in [2.05, 4.69) is 16.7 Å². The van der Waals surface area contributed by atoms with E-state index in [0.717, 1.165) is 30.4 Å². The highest BCUT2D eigenvalue weighted by Crippen LogP contribution is 2.41. The number of nitrogens with zero attached hydrogens (tertiary/aromatic N) is 1. The van der Waals surface area contributed by atoms with E-state index in [4.69, 9.17) is 11.0 Å². The molecule has 3 amide bonds. The monoisotopic (exact) mass is 348 g/mol. The molecule has 4 N–H and O–H groups in total. The van der Waals surface area contributed by atoms with Crippen molar-refractivity contribution in [3.63, 3.8) is 0 Å². The van der Waals surface area contributed by atoms with E-state index in [9.17, 15) is 9.59 Å². The summed E-state index contributed by atoms with van der Waals surface area (Å²) in [6, 6.07) is 14.0. The summed E-state index contributed by atoms with van der Waals surface area (Å²) >= 11 is 0. The minimum atomic E-state index is -0.540. The number of hydrogen-bond donors (Lipinski definition) is 3. The van der Waals surface area contributed by atoms with Gasteiger partial charge in [-0.1, -0.05) is 18.2 Å². The first-order valence-corrected chi connectivity index (χ1v) is 8.44. The molecule has 1 saturated carbocycles. The van der Waals surface area contributed by atoms with E-state index >= 15 is 0 Å². The summed E-state index contributed by atoms with van der Waals surface area (Å²) in [6.07, 6.45) is 2.70. The summed E-state index contributed by atoms with van der Waals surface area (Å²) < 4.78 is 0. The predicted octanol–water partition coefficient (Wildman–Crippen LogP) is 3.17. The molecule has 1 aliphatic rings. The van der Waals surface area contributed by atoms with Gasteiger partial charge in [-0.3, -0.25) is 4.79 Å². The van der Waals surface area contributed by atoms with Gasteiger partial charge in [0.15, 0.2) is 0 Å². The SMILES string of the molecule is Cc1ccc(C(N)=O)cc1NC(=O)NC1(c2ccc(C#N)cc2)CCC1. The molecule has 0 bridgehead atoms. The number of nitriles is 1. The average molecular weight is 348 g/mol. The number of primary amides is 1. The number of urea groups is 1. The lowest BCUT2D eigenvalue weighted by molar-refractivity contribution is 0.1000. The van der Waals surface area contributed by atoms with Crippen LogP contribution in [0.2, 0.25) is 0 Å². The molecule has 2 aromatic rings. The predicted molar refractivity (Wildman–Crippen MR) is 98.5 cm³/mol. The lowest BCUT2D eigenvalue weighted by Crippen LogP contribution is -2.52. The number of anilines is 1. The number of carbonyl (C=O) groups is 2. The maximum atomic E-state index is 12.6. The smallest absolute Gasteiger partial charge is 0.319 e. The van der Waals surface area contributed by atoms with Crippen molar-refractivity contribution in [2.75, 3.05) is 5.32 Å². The Balaban J connectivity index is 1.77. The lowest BCUT2D eigenvalue weighted by Gasteiger charge is -2.43. The highest BCUT2D eigenvalue weighted by atomic mass is 16.2. The number of aryl methyl sites for hydroxylation is 1. The maximum Gasteiger partial charge on any atom is 0.319 e. The van der Waals surface area contributed by atoms with E-state index in [1.165, 1.54) is 0 Å². The van der Waals surface area contributed by atoms with Gasteiger partial charge >= 0.3 is 6.03 Å². The van der Waals surface area contributed by atoms with Crippen molar-refractivity contribution in [3.05, 3.63) is 64.7 Å². The number of nitrogens with one attached hydrogen (secondary N) is 2. The Labute approximate surface area is 152 Å². The van der Waals surface area contributed by atoms with Gasteiger partial charge < -0.3 is 16.4 Å². The molecule has 6 nitrogen and oxygen atoms in total. The van der Waals surface area contributed by atoms with E-state index in [0.29, 0.717) is 16.8 Å². The molecule has 0 aromatic heterocycles. The zero-order chi connectivity index (χ0) is 18.7. The number of carbonyl (C=O) groups excluding carboxylic acids is 2. The summed E-state index contributed by atoms with van der Waals surface area (Å²) in [4.78, 5) is 23.9. The molecule has 1 fully saturated rings. The molecule has 26 heavy (non-hydrogen) atoms. The highest BCUT2D eigenvalue weighted by Gasteiger charge is 2.40. The molecule has 2 aromatic carbocycles. The van der Waals surface area contributed by atoms with Crippen LogP contribution in [0.3, 0.4) is 0 Å². The standard InChI is InChI=1S/C20H20N4O2/c1-13-3-6-15(18(22)25)11-17(13)23-19(26)24-20(9-2-10-20)16-7-4-14(12-21)5-8-16/h3-8,11H,2,9-10H2,1H3,(H2,22,25)(H2,23,24,26). The molecule has 0 atom stereocenters. The van der Waals surface area contributed by atoms with Gasteiger partial charge in [0, 0.05) is 11.3 Å². The van der Waals surface area contributed by atoms with Gasteiger partial charge in [-0.2, -0.15) is 5.26 Å². The van der Waals surface area contributed by atoms with E-state index < -0.39 is 11.4 Å². The van der Waals surface area contributed by atoms with Crippen molar-refractivity contribution in [2.45, 2.75) is 31.7 Å². The Kier molecular flexibility index (Phi) is 4.63. The zero-order valence-corrected chi connectivity index (χ0v) is 14.5. The molecule has 6 heteroatoms. The number of hydrogen-bond acceptors (Lipinski definition) is 3. The Bertz CT molecular complexity index is 893. The van der Waals surface area contributed by atoms with Gasteiger partial charge in [0.1, 0.15) is 0 Å². The average Bonchev–Trinajstić information content (AvgIpc) is 2.60. The van der Waals surface area contributed by atoms with Gasteiger partial charge in [0.25, 0.3) is 0 Å². The first-order chi connectivity index (χ1) is 12.4. The van der Waals surface area contributed by atoms with Crippen LogP contribution in [0, 0.1) is 18.3 Å². The van der Waals surface area contributed by atoms with E-state index in [1.54, 1.807) is 30.3 Å². The summed E-state index contributed by atoms with van der Waals surface area (Å²) in [5, 5.41) is 14.8. The van der Waals surface area contributed by atoms with E-state index in [-0.39, 0.29) is 6.03 Å². The third-order valence-corrected chi connectivity index (χ3v) is 4.90. The summed E-state index contributed by atoms with van der Waals surface area (Å²) in [7, 11) is 0. The Morgan fingerprint density at radius 2 is 1.85 bits per heavy atom. The summed E-state index contributed by atoms with van der Waals surface area (Å²) in [5.74, 6) is -0.540. The van der Waals surface area contributed by atoms with Crippen molar-refractivity contribution in [1.29, 1.82) is 5.26 Å². The third kappa shape index (κ3) is 3.38. The molecule has 0 aliphatic heterocycles. The largest absolute Gasteiger partial charge is 0.366 e. The second kappa shape index (κ2) is 6.89. The van der Waals surface area contributed by atoms with Crippen LogP contribution in [0.15, 0.2) is 42.5 Å². The molecule has 0 saturated heterocycles. The normalized spacial score (nSPS) is 14.6. The van der Waals surface area contributed by atoms with Gasteiger partial charge in [0.05, 0.1) is 17.2 Å². The Morgan fingerprint density at radius 1 is 1.15 bits per heavy atom. The minimum absolute atomic E-state index is 0.334. The highest BCUT2D eigenvalue weighted by molar-refractivity contribution is 5.96. The maximum absolute atomic E-state index is 12.6. The second-order valence-corrected chi connectivity index (χ2v) is 6.60. The molecule has 0 radical (unpaired) electrons. The van der Waals surface area contributed by atoms with Gasteiger partial charge in [-0.05, 0) is 61.6 Å². The van der Waals surface area contributed by atoms with Gasteiger partial charge in [0.2, 0.25) is 5.91 Å². The second-order valence-electron chi connectivity index (χ2n) is 6.60. The Hall–Kier alpha value is -3.33.